The van der Waals surface area contributed by atoms with Crippen molar-refractivity contribution in [3.63, 3.8) is 0 Å². The second-order valence-corrected chi connectivity index (χ2v) is 11.8. The third-order valence-corrected chi connectivity index (χ3v) is 8.57. The molecule has 0 fully saturated rings. The van der Waals surface area contributed by atoms with Gasteiger partial charge in [0.25, 0.3) is 5.91 Å². The fourth-order valence-electron chi connectivity index (χ4n) is 5.00. The highest BCUT2D eigenvalue weighted by Gasteiger charge is 2.34. The van der Waals surface area contributed by atoms with Gasteiger partial charge in [-0.1, -0.05) is 20.8 Å². The quantitative estimate of drug-likeness (QED) is 0.282. The summed E-state index contributed by atoms with van der Waals surface area (Å²) in [7, 11) is 7.91. The van der Waals surface area contributed by atoms with Gasteiger partial charge in [-0.15, -0.1) is 11.3 Å². The molecule has 4 rings (SSSR count). The second-order valence-electron chi connectivity index (χ2n) is 10.7. The van der Waals surface area contributed by atoms with Gasteiger partial charge in [0.15, 0.2) is 11.5 Å². The minimum atomic E-state index is -0.221. The smallest absolute Gasteiger partial charge is 0.259 e. The summed E-state index contributed by atoms with van der Waals surface area (Å²) in [5.74, 6) is 3.18. The number of nitrogens with one attached hydrogen (secondary N) is 1. The van der Waals surface area contributed by atoms with E-state index in [4.69, 9.17) is 28.7 Å². The van der Waals surface area contributed by atoms with Crippen molar-refractivity contribution < 1.29 is 28.5 Å². The lowest BCUT2D eigenvalue weighted by atomic mass is 9.72. The zero-order valence-corrected chi connectivity index (χ0v) is 25.3. The minimum absolute atomic E-state index is 0.178. The molecule has 0 saturated heterocycles. The average Bonchev–Trinajstić information content (AvgIpc) is 3.33. The summed E-state index contributed by atoms with van der Waals surface area (Å²) in [4.78, 5) is 19.9. The van der Waals surface area contributed by atoms with E-state index in [1.54, 1.807) is 77.4 Å². The lowest BCUT2D eigenvalue weighted by molar-refractivity contribution is 0.102. The van der Waals surface area contributed by atoms with Crippen molar-refractivity contribution in [3.05, 3.63) is 51.9 Å². The number of benzene rings is 2. The van der Waals surface area contributed by atoms with Crippen molar-refractivity contribution in [2.24, 2.45) is 16.3 Å². The number of fused-ring (bicyclic) bond motifs is 1. The Labute approximate surface area is 240 Å². The van der Waals surface area contributed by atoms with Crippen molar-refractivity contribution in [1.29, 1.82) is 0 Å². The average molecular weight is 567 g/mol. The Hall–Kier alpha value is -3.72. The van der Waals surface area contributed by atoms with Crippen LogP contribution in [-0.2, 0) is 12.8 Å². The van der Waals surface area contributed by atoms with Crippen molar-refractivity contribution in [1.82, 2.24) is 0 Å². The number of nitrogens with zero attached hydrogens (tertiary/aromatic N) is 1. The van der Waals surface area contributed by atoms with Crippen molar-refractivity contribution >= 4 is 34.1 Å². The first-order valence-corrected chi connectivity index (χ1v) is 14.0. The molecule has 1 aliphatic carbocycles. The van der Waals surface area contributed by atoms with Gasteiger partial charge < -0.3 is 29.0 Å². The van der Waals surface area contributed by atoms with E-state index in [9.17, 15) is 4.79 Å². The van der Waals surface area contributed by atoms with Gasteiger partial charge >= 0.3 is 0 Å². The van der Waals surface area contributed by atoms with Gasteiger partial charge in [0.1, 0.15) is 22.2 Å². The minimum Gasteiger partial charge on any atom is -0.497 e. The van der Waals surface area contributed by atoms with E-state index in [0.717, 1.165) is 24.8 Å². The van der Waals surface area contributed by atoms with Crippen LogP contribution < -0.4 is 29.0 Å². The zero-order valence-electron chi connectivity index (χ0n) is 24.5. The maximum absolute atomic E-state index is 13.9. The number of hydrogen-bond donors (Lipinski definition) is 1. The van der Waals surface area contributed by atoms with E-state index < -0.39 is 0 Å². The first-order valence-electron chi connectivity index (χ1n) is 13.1. The highest BCUT2D eigenvalue weighted by Crippen LogP contribution is 2.46. The number of carbonyl (C=O) groups excluding carboxylic acids is 1. The Balaban J connectivity index is 1.77. The molecule has 1 unspecified atom stereocenters. The Kier molecular flexibility index (Phi) is 8.93. The summed E-state index contributed by atoms with van der Waals surface area (Å²) in [6.07, 6.45) is 4.48. The summed E-state index contributed by atoms with van der Waals surface area (Å²) >= 11 is 1.58. The van der Waals surface area contributed by atoms with Crippen LogP contribution in [0.15, 0.2) is 35.3 Å². The molecular formula is C31H38N2O6S. The van der Waals surface area contributed by atoms with Crippen LogP contribution in [0.25, 0.3) is 0 Å². The SMILES string of the molecule is COc1ccc(NC(=O)c2c(N=Cc3cc(OC)c(OC)cc3OC)sc3c2CCC(C(C)(C)C)C3)c(OC)c1. The molecule has 8 nitrogen and oxygen atoms in total. The summed E-state index contributed by atoms with van der Waals surface area (Å²) in [6, 6.07) is 8.89. The van der Waals surface area contributed by atoms with Gasteiger partial charge in [-0.05, 0) is 54.4 Å². The fraction of sp³-hybridized carbons (Fsp3) is 0.419. The van der Waals surface area contributed by atoms with E-state index >= 15 is 0 Å². The number of thiophene rings is 1. The molecule has 2 aromatic carbocycles. The van der Waals surface area contributed by atoms with Crippen molar-refractivity contribution in [2.75, 3.05) is 40.9 Å². The first-order chi connectivity index (χ1) is 19.1. The lowest BCUT2D eigenvalue weighted by Gasteiger charge is -2.33. The molecule has 1 aliphatic rings. The number of anilines is 1. The van der Waals surface area contributed by atoms with Gasteiger partial charge in [0, 0.05) is 28.8 Å². The van der Waals surface area contributed by atoms with Gasteiger partial charge in [-0.3, -0.25) is 4.79 Å². The van der Waals surface area contributed by atoms with Crippen LogP contribution >= 0.6 is 11.3 Å². The first kappa shape index (κ1) is 29.3. The molecule has 40 heavy (non-hydrogen) atoms. The summed E-state index contributed by atoms with van der Waals surface area (Å²) in [5.41, 5.74) is 3.12. The van der Waals surface area contributed by atoms with Crippen LogP contribution in [0.4, 0.5) is 10.7 Å². The fourth-order valence-corrected chi connectivity index (χ4v) is 6.27. The van der Waals surface area contributed by atoms with Gasteiger partial charge in [-0.2, -0.15) is 0 Å². The Bertz CT molecular complexity index is 1410. The van der Waals surface area contributed by atoms with E-state index in [2.05, 4.69) is 26.1 Å². The van der Waals surface area contributed by atoms with Crippen LogP contribution in [-0.4, -0.2) is 47.7 Å². The van der Waals surface area contributed by atoms with E-state index in [-0.39, 0.29) is 11.3 Å². The Morgan fingerprint density at radius 1 is 0.925 bits per heavy atom. The molecule has 1 amide bonds. The Morgan fingerprint density at radius 2 is 1.60 bits per heavy atom. The summed E-state index contributed by atoms with van der Waals surface area (Å²) in [5, 5.41) is 3.71. The Morgan fingerprint density at radius 3 is 2.23 bits per heavy atom. The molecule has 9 heteroatoms. The number of amides is 1. The second kappa shape index (κ2) is 12.2. The molecule has 1 heterocycles. The van der Waals surface area contributed by atoms with Crippen LogP contribution in [0.1, 0.15) is 53.6 Å². The highest BCUT2D eigenvalue weighted by molar-refractivity contribution is 7.16. The number of ether oxygens (including phenoxy) is 5. The molecule has 0 radical (unpaired) electrons. The van der Waals surface area contributed by atoms with Crippen molar-refractivity contribution in [2.45, 2.75) is 40.0 Å². The predicted octanol–water partition coefficient (Wildman–Crippen LogP) is 6.95. The number of rotatable bonds is 9. The zero-order chi connectivity index (χ0) is 29.0. The van der Waals surface area contributed by atoms with Gasteiger partial charge in [0.05, 0.1) is 46.8 Å². The molecule has 1 N–H and O–H groups in total. The van der Waals surface area contributed by atoms with Crippen LogP contribution in [0, 0.1) is 11.3 Å². The predicted molar refractivity (Wildman–Crippen MR) is 160 cm³/mol. The molecule has 0 saturated carbocycles. The lowest BCUT2D eigenvalue weighted by Crippen LogP contribution is -2.27. The van der Waals surface area contributed by atoms with Crippen LogP contribution in [0.2, 0.25) is 0 Å². The largest absolute Gasteiger partial charge is 0.497 e. The molecule has 3 aromatic rings. The molecule has 214 valence electrons. The molecule has 0 spiro atoms. The summed E-state index contributed by atoms with van der Waals surface area (Å²) in [6.45, 7) is 6.84. The molecule has 1 atom stereocenters. The number of hydrogen-bond acceptors (Lipinski definition) is 8. The van der Waals surface area contributed by atoms with Gasteiger partial charge in [-0.25, -0.2) is 4.99 Å². The monoisotopic (exact) mass is 566 g/mol. The number of carbonyl (C=O) groups is 1. The number of aliphatic imine (C=N–C) groups is 1. The van der Waals surface area contributed by atoms with E-state index in [1.165, 1.54) is 4.88 Å². The van der Waals surface area contributed by atoms with Crippen LogP contribution in [0.3, 0.4) is 0 Å². The van der Waals surface area contributed by atoms with E-state index in [0.29, 0.717) is 56.5 Å². The standard InChI is InChI=1S/C31H38N2O6S/c1-31(2,3)19-9-11-21-27(14-19)40-30(32-17-18-13-25(38-7)26(39-8)16-23(18)36-5)28(21)29(34)33-22-12-10-20(35-4)15-24(22)37-6/h10,12-13,15-17,19H,9,11,14H2,1-8H3,(H,33,34). The maximum Gasteiger partial charge on any atom is 0.259 e. The molecule has 0 aliphatic heterocycles. The van der Waals surface area contributed by atoms with Crippen molar-refractivity contribution in [3.8, 4) is 28.7 Å². The molecular weight excluding hydrogens is 528 g/mol. The van der Waals surface area contributed by atoms with Crippen LogP contribution in [0.5, 0.6) is 28.7 Å². The molecule has 0 bridgehead atoms. The topological polar surface area (TPSA) is 87.6 Å². The maximum atomic E-state index is 13.9. The number of methoxy groups -OCH3 is 5. The van der Waals surface area contributed by atoms with E-state index in [1.807, 2.05) is 6.07 Å². The highest BCUT2D eigenvalue weighted by atomic mass is 32.1. The van der Waals surface area contributed by atoms with Gasteiger partial charge in [0.2, 0.25) is 0 Å². The normalized spacial score (nSPS) is 14.9. The third kappa shape index (κ3) is 6.04. The third-order valence-electron chi connectivity index (χ3n) is 7.41. The summed E-state index contributed by atoms with van der Waals surface area (Å²) < 4.78 is 27.3. The molecule has 1 aromatic heterocycles.